The fourth-order valence-corrected chi connectivity index (χ4v) is 2.94. The van der Waals surface area contributed by atoms with Crippen molar-refractivity contribution in [3.05, 3.63) is 28.2 Å². The molecule has 1 amide bonds. The van der Waals surface area contributed by atoms with Gasteiger partial charge in [0.2, 0.25) is 0 Å². The monoisotopic (exact) mass is 329 g/mol. The molecule has 1 aliphatic rings. The quantitative estimate of drug-likeness (QED) is 0.834. The number of benzene rings is 1. The molecule has 0 saturated heterocycles. The lowest BCUT2D eigenvalue weighted by Crippen LogP contribution is -2.45. The van der Waals surface area contributed by atoms with Crippen LogP contribution in [0.3, 0.4) is 0 Å². The van der Waals surface area contributed by atoms with E-state index < -0.39 is 0 Å². The lowest BCUT2D eigenvalue weighted by Gasteiger charge is -2.37. The number of rotatable bonds is 4. The summed E-state index contributed by atoms with van der Waals surface area (Å²) in [5.74, 6) is -0.0359. The van der Waals surface area contributed by atoms with E-state index in [2.05, 4.69) is 28.6 Å². The number of hydrogen-bond donors (Lipinski definition) is 2. The average Bonchev–Trinajstić information content (AvgIpc) is 2.25. The molecule has 1 aliphatic carbocycles. The normalized spacial score (nSPS) is 15.3. The minimum atomic E-state index is -0.0359. The van der Waals surface area contributed by atoms with Crippen LogP contribution in [0.4, 0.5) is 0 Å². The summed E-state index contributed by atoms with van der Waals surface area (Å²) in [7, 11) is 0. The molecular weight excluding hydrogens is 314 g/mol. The lowest BCUT2D eigenvalue weighted by molar-refractivity contribution is 0.0522. The highest BCUT2D eigenvalue weighted by molar-refractivity contribution is 9.10. The molecule has 1 N–H and O–H groups in total. The molecule has 1 saturated carbocycles. The Morgan fingerprint density at radius 2 is 2.22 bits per heavy atom. The van der Waals surface area contributed by atoms with Crippen LogP contribution in [0.2, 0.25) is 0 Å². The molecule has 0 radical (unpaired) electrons. The first-order valence-corrected chi connectivity index (χ1v) is 7.28. The molecule has 1 fully saturated rings. The predicted molar refractivity (Wildman–Crippen MR) is 77.2 cm³/mol. The Morgan fingerprint density at radius 1 is 1.50 bits per heavy atom. The molecule has 0 unspecified atom stereocenters. The number of carbonyl (C=O) groups is 1. The fraction of sp³-hybridized carbons (Fsp3) is 0.462. The molecule has 98 valence electrons. The van der Waals surface area contributed by atoms with Crippen LogP contribution >= 0.6 is 28.6 Å². The Balaban J connectivity index is 2.21. The summed E-state index contributed by atoms with van der Waals surface area (Å²) in [6.07, 6.45) is 3.22. The predicted octanol–water partition coefficient (Wildman–Crippen LogP) is 2.72. The first-order chi connectivity index (χ1) is 8.63. The van der Waals surface area contributed by atoms with E-state index in [0.29, 0.717) is 17.0 Å². The van der Waals surface area contributed by atoms with Crippen molar-refractivity contribution < 1.29 is 9.90 Å². The molecule has 5 heteroatoms. The molecule has 1 aromatic carbocycles. The molecule has 3 nitrogen and oxygen atoms in total. The third-order valence-corrected chi connectivity index (χ3v) is 4.17. The van der Waals surface area contributed by atoms with Crippen molar-refractivity contribution in [3.63, 3.8) is 0 Å². The van der Waals surface area contributed by atoms with Crippen LogP contribution in [0.25, 0.3) is 0 Å². The Bertz CT molecular complexity index is 449. The van der Waals surface area contributed by atoms with Crippen LogP contribution in [0.1, 0.15) is 29.6 Å². The van der Waals surface area contributed by atoms with Crippen LogP contribution in [0.5, 0.6) is 0 Å². The molecule has 0 heterocycles. The van der Waals surface area contributed by atoms with Gasteiger partial charge in [0, 0.05) is 22.0 Å². The highest BCUT2D eigenvalue weighted by Crippen LogP contribution is 2.28. The van der Waals surface area contributed by atoms with Gasteiger partial charge in [-0.25, -0.2) is 0 Å². The lowest BCUT2D eigenvalue weighted by atomic mass is 9.91. The van der Waals surface area contributed by atoms with Crippen LogP contribution in [0.15, 0.2) is 27.6 Å². The number of aliphatic hydroxyl groups is 1. The van der Waals surface area contributed by atoms with Gasteiger partial charge < -0.3 is 10.0 Å². The molecule has 0 aromatic heterocycles. The topological polar surface area (TPSA) is 40.5 Å². The summed E-state index contributed by atoms with van der Waals surface area (Å²) in [5, 5.41) is 9.09. The van der Waals surface area contributed by atoms with Crippen LogP contribution in [0, 0.1) is 0 Å². The summed E-state index contributed by atoms with van der Waals surface area (Å²) < 4.78 is 0.904. The van der Waals surface area contributed by atoms with Gasteiger partial charge >= 0.3 is 0 Å². The van der Waals surface area contributed by atoms with Gasteiger partial charge in [-0.3, -0.25) is 4.79 Å². The first kappa shape index (κ1) is 13.9. The van der Waals surface area contributed by atoms with Crippen LogP contribution in [-0.4, -0.2) is 35.1 Å². The maximum atomic E-state index is 12.5. The van der Waals surface area contributed by atoms with E-state index >= 15 is 0 Å². The molecule has 0 atom stereocenters. The van der Waals surface area contributed by atoms with E-state index in [4.69, 9.17) is 5.11 Å². The Hall–Kier alpha value is -0.520. The summed E-state index contributed by atoms with van der Waals surface area (Å²) in [6, 6.07) is 5.71. The number of halogens is 1. The number of aliphatic hydroxyl groups excluding tert-OH is 1. The standard InChI is InChI=1S/C13H16BrNO2S/c14-9-4-5-11(12(18)8-9)13(17)15(6-7-16)10-2-1-3-10/h4-5,8,10,16,18H,1-3,6-7H2. The van der Waals surface area contributed by atoms with Gasteiger partial charge in [-0.2, -0.15) is 0 Å². The molecule has 18 heavy (non-hydrogen) atoms. The first-order valence-electron chi connectivity index (χ1n) is 6.04. The molecule has 2 rings (SSSR count). The molecule has 0 bridgehead atoms. The molecular formula is C13H16BrNO2S. The van der Waals surface area contributed by atoms with Crippen molar-refractivity contribution in [2.75, 3.05) is 13.2 Å². The molecule has 1 aromatic rings. The van der Waals surface area contributed by atoms with Gasteiger partial charge in [-0.1, -0.05) is 15.9 Å². The van der Waals surface area contributed by atoms with Crippen molar-refractivity contribution in [2.45, 2.75) is 30.2 Å². The second kappa shape index (κ2) is 6.08. The van der Waals surface area contributed by atoms with E-state index in [9.17, 15) is 4.79 Å². The highest BCUT2D eigenvalue weighted by atomic mass is 79.9. The Labute approximate surface area is 121 Å². The second-order valence-electron chi connectivity index (χ2n) is 4.47. The van der Waals surface area contributed by atoms with Gasteiger partial charge in [0.15, 0.2) is 0 Å². The van der Waals surface area contributed by atoms with Gasteiger partial charge in [-0.15, -0.1) is 12.6 Å². The molecule has 0 spiro atoms. The van der Waals surface area contributed by atoms with E-state index in [1.54, 1.807) is 11.0 Å². The minimum Gasteiger partial charge on any atom is -0.395 e. The van der Waals surface area contributed by atoms with Crippen molar-refractivity contribution in [1.82, 2.24) is 4.90 Å². The van der Waals surface area contributed by atoms with Gasteiger partial charge in [0.25, 0.3) is 5.91 Å². The average molecular weight is 330 g/mol. The third kappa shape index (κ3) is 2.90. The van der Waals surface area contributed by atoms with Crippen molar-refractivity contribution >= 4 is 34.5 Å². The zero-order valence-corrected chi connectivity index (χ0v) is 12.5. The van der Waals surface area contributed by atoms with E-state index in [1.165, 1.54) is 0 Å². The largest absolute Gasteiger partial charge is 0.395 e. The van der Waals surface area contributed by atoms with Gasteiger partial charge in [-0.05, 0) is 37.5 Å². The van der Waals surface area contributed by atoms with Crippen LogP contribution < -0.4 is 0 Å². The van der Waals surface area contributed by atoms with E-state index in [-0.39, 0.29) is 18.6 Å². The van der Waals surface area contributed by atoms with Gasteiger partial charge in [0.05, 0.1) is 12.2 Å². The highest BCUT2D eigenvalue weighted by Gasteiger charge is 2.29. The maximum Gasteiger partial charge on any atom is 0.255 e. The van der Waals surface area contributed by atoms with Crippen LogP contribution in [-0.2, 0) is 0 Å². The summed E-state index contributed by atoms with van der Waals surface area (Å²) >= 11 is 7.70. The third-order valence-electron chi connectivity index (χ3n) is 3.31. The summed E-state index contributed by atoms with van der Waals surface area (Å²) in [4.78, 5) is 14.9. The zero-order chi connectivity index (χ0) is 13.1. The van der Waals surface area contributed by atoms with E-state index in [1.807, 2.05) is 12.1 Å². The number of amides is 1. The SMILES string of the molecule is O=C(c1ccc(Br)cc1S)N(CCO)C1CCC1. The maximum absolute atomic E-state index is 12.5. The number of nitrogens with zero attached hydrogens (tertiary/aromatic N) is 1. The summed E-state index contributed by atoms with van der Waals surface area (Å²) in [6.45, 7) is 0.396. The minimum absolute atomic E-state index is 0.000667. The summed E-state index contributed by atoms with van der Waals surface area (Å²) in [5.41, 5.74) is 0.599. The Kier molecular flexibility index (Phi) is 4.70. The fourth-order valence-electron chi connectivity index (χ4n) is 2.10. The number of carbonyl (C=O) groups excluding carboxylic acids is 1. The van der Waals surface area contributed by atoms with Crippen molar-refractivity contribution in [1.29, 1.82) is 0 Å². The van der Waals surface area contributed by atoms with Gasteiger partial charge in [0.1, 0.15) is 0 Å². The van der Waals surface area contributed by atoms with Crippen molar-refractivity contribution in [2.24, 2.45) is 0 Å². The number of hydrogen-bond acceptors (Lipinski definition) is 3. The smallest absolute Gasteiger partial charge is 0.255 e. The molecule has 0 aliphatic heterocycles. The number of thiol groups is 1. The van der Waals surface area contributed by atoms with E-state index in [0.717, 1.165) is 23.7 Å². The Morgan fingerprint density at radius 3 is 2.72 bits per heavy atom. The zero-order valence-electron chi connectivity index (χ0n) is 9.97. The second-order valence-corrected chi connectivity index (χ2v) is 5.87. The van der Waals surface area contributed by atoms with Crippen molar-refractivity contribution in [3.8, 4) is 0 Å².